The quantitative estimate of drug-likeness (QED) is 0.784. The first-order chi connectivity index (χ1) is 7.44. The van der Waals surface area contributed by atoms with Gasteiger partial charge in [0.2, 0.25) is 0 Å². The summed E-state index contributed by atoms with van der Waals surface area (Å²) in [5.74, 6) is -0.110. The molecule has 2 rings (SSSR count). The molecule has 86 valence electrons. The van der Waals surface area contributed by atoms with Gasteiger partial charge in [0.1, 0.15) is 11.5 Å². The van der Waals surface area contributed by atoms with Crippen LogP contribution in [0.4, 0.5) is 8.68 Å². The van der Waals surface area contributed by atoms with Gasteiger partial charge in [0.05, 0.1) is 0 Å². The van der Waals surface area contributed by atoms with Crippen molar-refractivity contribution in [2.75, 3.05) is 0 Å². The summed E-state index contributed by atoms with van der Waals surface area (Å²) < 4.78 is 41.4. The Labute approximate surface area is 90.4 Å². The number of ether oxygens (including phenoxy) is 1. The summed E-state index contributed by atoms with van der Waals surface area (Å²) in [5.41, 5.74) is 0.642. The number of rotatable bonds is 2. The van der Waals surface area contributed by atoms with E-state index >= 15 is 0 Å². The summed E-state index contributed by atoms with van der Waals surface area (Å²) in [6.45, 7) is 0.261. The zero-order valence-corrected chi connectivity index (χ0v) is 8.58. The van der Waals surface area contributed by atoms with Crippen molar-refractivity contribution in [1.29, 1.82) is 0 Å². The van der Waals surface area contributed by atoms with E-state index in [0.29, 0.717) is 5.56 Å². The van der Waals surface area contributed by atoms with Crippen LogP contribution in [-0.4, -0.2) is 14.5 Å². The number of nitrogens with one attached hydrogen (secondary N) is 1. The van der Waals surface area contributed by atoms with E-state index in [2.05, 4.69) is 9.50 Å². The van der Waals surface area contributed by atoms with Gasteiger partial charge in [-0.05, 0) is 12.1 Å². The van der Waals surface area contributed by atoms with Crippen LogP contribution in [0.1, 0.15) is 5.56 Å². The summed E-state index contributed by atoms with van der Waals surface area (Å²) in [4.78, 5) is 10.9. The molecule has 0 fully saturated rings. The van der Waals surface area contributed by atoms with Gasteiger partial charge in [-0.2, -0.15) is 8.42 Å². The van der Waals surface area contributed by atoms with E-state index in [-0.39, 0.29) is 18.0 Å². The van der Waals surface area contributed by atoms with Gasteiger partial charge in [0.25, 0.3) is 0 Å². The normalized spacial score (nSPS) is 14.7. The SMILES string of the molecule is O=C1NCc2ccc(OS(=O)(=O)F)cc2O1. The Bertz CT molecular complexity index is 541. The maximum absolute atomic E-state index is 12.2. The molecule has 0 radical (unpaired) electrons. The molecule has 1 aromatic rings. The maximum Gasteiger partial charge on any atom is 0.488 e. The molecule has 0 atom stereocenters. The van der Waals surface area contributed by atoms with Gasteiger partial charge < -0.3 is 14.2 Å². The van der Waals surface area contributed by atoms with Crippen LogP contribution in [0, 0.1) is 0 Å². The fraction of sp³-hybridized carbons (Fsp3) is 0.125. The van der Waals surface area contributed by atoms with Crippen LogP contribution in [0.25, 0.3) is 0 Å². The molecule has 1 heterocycles. The van der Waals surface area contributed by atoms with E-state index in [1.54, 1.807) is 0 Å². The Morgan fingerprint density at radius 1 is 1.44 bits per heavy atom. The second-order valence-electron chi connectivity index (χ2n) is 2.99. The zero-order valence-electron chi connectivity index (χ0n) is 7.77. The topological polar surface area (TPSA) is 81.7 Å². The average molecular weight is 247 g/mol. The minimum absolute atomic E-state index is 0.143. The predicted molar refractivity (Wildman–Crippen MR) is 50.0 cm³/mol. The van der Waals surface area contributed by atoms with Crippen molar-refractivity contribution < 1.29 is 26.0 Å². The molecule has 0 saturated carbocycles. The van der Waals surface area contributed by atoms with Crippen LogP contribution in [0.2, 0.25) is 0 Å². The smallest absolute Gasteiger partial charge is 0.410 e. The number of carbonyl (C=O) groups excluding carboxylic acids is 1. The molecule has 1 aliphatic heterocycles. The lowest BCUT2D eigenvalue weighted by Crippen LogP contribution is -2.31. The fourth-order valence-corrected chi connectivity index (χ4v) is 1.58. The summed E-state index contributed by atoms with van der Waals surface area (Å²) >= 11 is 0. The fourth-order valence-electron chi connectivity index (χ4n) is 1.25. The minimum atomic E-state index is -5.07. The first-order valence-electron chi connectivity index (χ1n) is 4.17. The minimum Gasteiger partial charge on any atom is -0.410 e. The summed E-state index contributed by atoms with van der Waals surface area (Å²) in [6.07, 6.45) is -0.659. The number of fused-ring (bicyclic) bond motifs is 1. The molecule has 8 heteroatoms. The molecule has 1 aromatic carbocycles. The molecule has 0 unspecified atom stereocenters. The van der Waals surface area contributed by atoms with Gasteiger partial charge in [-0.25, -0.2) is 4.79 Å². The van der Waals surface area contributed by atoms with Crippen molar-refractivity contribution in [2.45, 2.75) is 6.54 Å². The lowest BCUT2D eigenvalue weighted by molar-refractivity contribution is 0.194. The highest BCUT2D eigenvalue weighted by Crippen LogP contribution is 2.27. The van der Waals surface area contributed by atoms with E-state index in [0.717, 1.165) is 6.07 Å². The standard InChI is InChI=1S/C8H6FNO5S/c9-16(12,13)15-6-2-1-5-4-10-8(11)14-7(5)3-6/h1-3H,4H2,(H,10,11). The van der Waals surface area contributed by atoms with Crippen molar-refractivity contribution >= 4 is 16.6 Å². The Hall–Kier alpha value is -1.83. The van der Waals surface area contributed by atoms with E-state index in [9.17, 15) is 17.1 Å². The Balaban J connectivity index is 2.31. The molecule has 0 aliphatic carbocycles. The molecule has 6 nitrogen and oxygen atoms in total. The second-order valence-corrected chi connectivity index (χ2v) is 3.94. The summed E-state index contributed by atoms with van der Waals surface area (Å²) in [5, 5.41) is 2.41. The number of hydrogen-bond acceptors (Lipinski definition) is 5. The van der Waals surface area contributed by atoms with Gasteiger partial charge >= 0.3 is 16.6 Å². The van der Waals surface area contributed by atoms with Crippen molar-refractivity contribution in [3.63, 3.8) is 0 Å². The van der Waals surface area contributed by atoms with Crippen LogP contribution < -0.4 is 14.2 Å². The maximum atomic E-state index is 12.2. The van der Waals surface area contributed by atoms with E-state index < -0.39 is 16.6 Å². The first kappa shape index (κ1) is 10.7. The number of halogens is 1. The zero-order chi connectivity index (χ0) is 11.8. The second kappa shape index (κ2) is 3.63. The molecular formula is C8H6FNO5S. The van der Waals surface area contributed by atoms with Gasteiger partial charge in [-0.1, -0.05) is 3.89 Å². The highest BCUT2D eigenvalue weighted by atomic mass is 32.3. The van der Waals surface area contributed by atoms with Gasteiger partial charge in [0, 0.05) is 18.2 Å². The third kappa shape index (κ3) is 2.40. The summed E-state index contributed by atoms with van der Waals surface area (Å²) in [7, 11) is -5.07. The van der Waals surface area contributed by atoms with Gasteiger partial charge in [-0.15, -0.1) is 0 Å². The van der Waals surface area contributed by atoms with Crippen molar-refractivity contribution in [1.82, 2.24) is 5.32 Å². The van der Waals surface area contributed by atoms with Crippen LogP contribution in [0.15, 0.2) is 18.2 Å². The van der Waals surface area contributed by atoms with Crippen LogP contribution in [0.5, 0.6) is 11.5 Å². The van der Waals surface area contributed by atoms with E-state index in [4.69, 9.17) is 4.74 Å². The lowest BCUT2D eigenvalue weighted by Gasteiger charge is -2.16. The molecule has 0 spiro atoms. The van der Waals surface area contributed by atoms with Crippen LogP contribution in [-0.2, 0) is 17.0 Å². The lowest BCUT2D eigenvalue weighted by atomic mass is 10.2. The summed E-state index contributed by atoms with van der Waals surface area (Å²) in [6, 6.07) is 3.86. The van der Waals surface area contributed by atoms with Crippen molar-refractivity contribution in [3.8, 4) is 11.5 Å². The van der Waals surface area contributed by atoms with E-state index in [1.807, 2.05) is 0 Å². The Kier molecular flexibility index (Phi) is 2.43. The highest BCUT2D eigenvalue weighted by Gasteiger charge is 2.18. The molecule has 0 aromatic heterocycles. The largest absolute Gasteiger partial charge is 0.488 e. The highest BCUT2D eigenvalue weighted by molar-refractivity contribution is 7.81. The predicted octanol–water partition coefficient (Wildman–Crippen LogP) is 0.882. The Morgan fingerprint density at radius 3 is 2.88 bits per heavy atom. The molecule has 0 bridgehead atoms. The average Bonchev–Trinajstić information content (AvgIpc) is 2.14. The first-order valence-corrected chi connectivity index (χ1v) is 5.47. The number of benzene rings is 1. The molecule has 16 heavy (non-hydrogen) atoms. The monoisotopic (exact) mass is 247 g/mol. The molecule has 1 aliphatic rings. The van der Waals surface area contributed by atoms with Crippen molar-refractivity contribution in [2.24, 2.45) is 0 Å². The molecule has 1 N–H and O–H groups in total. The van der Waals surface area contributed by atoms with Crippen LogP contribution in [0.3, 0.4) is 0 Å². The number of hydrogen-bond donors (Lipinski definition) is 1. The third-order valence-electron chi connectivity index (χ3n) is 1.86. The van der Waals surface area contributed by atoms with Crippen LogP contribution >= 0.6 is 0 Å². The molecule has 0 saturated heterocycles. The Morgan fingerprint density at radius 2 is 2.19 bits per heavy atom. The van der Waals surface area contributed by atoms with Gasteiger partial charge in [0.15, 0.2) is 0 Å². The molecular weight excluding hydrogens is 241 g/mol. The van der Waals surface area contributed by atoms with Crippen molar-refractivity contribution in [3.05, 3.63) is 23.8 Å². The number of carbonyl (C=O) groups is 1. The number of amides is 1. The van der Waals surface area contributed by atoms with Gasteiger partial charge in [-0.3, -0.25) is 0 Å². The van der Waals surface area contributed by atoms with E-state index in [1.165, 1.54) is 12.1 Å². The third-order valence-corrected chi connectivity index (χ3v) is 2.25. The molecule has 1 amide bonds.